The molecule has 96 valence electrons. The summed E-state index contributed by atoms with van der Waals surface area (Å²) in [4.78, 5) is 6.35. The molecular formula is C15H21N3. The first-order valence-corrected chi connectivity index (χ1v) is 6.36. The van der Waals surface area contributed by atoms with Gasteiger partial charge in [-0.15, -0.1) is 0 Å². The Labute approximate surface area is 109 Å². The summed E-state index contributed by atoms with van der Waals surface area (Å²) in [7, 11) is 4.21. The van der Waals surface area contributed by atoms with Crippen LogP contribution in [0.5, 0.6) is 0 Å². The maximum absolute atomic E-state index is 4.13. The van der Waals surface area contributed by atoms with Gasteiger partial charge in [-0.3, -0.25) is 4.98 Å². The molecule has 1 unspecified atom stereocenters. The Bertz CT molecular complexity index is 508. The summed E-state index contributed by atoms with van der Waals surface area (Å²) in [6.45, 7) is 4.14. The summed E-state index contributed by atoms with van der Waals surface area (Å²) in [5.74, 6) is 0. The number of fused-ring (bicyclic) bond motifs is 1. The Balaban J connectivity index is 1.96. The molecule has 1 aromatic carbocycles. The predicted octanol–water partition coefficient (Wildman–Crippen LogP) is 2.27. The zero-order valence-electron chi connectivity index (χ0n) is 11.4. The van der Waals surface area contributed by atoms with Gasteiger partial charge >= 0.3 is 0 Å². The molecule has 0 spiro atoms. The lowest BCUT2D eigenvalue weighted by Crippen LogP contribution is -2.35. The van der Waals surface area contributed by atoms with Crippen LogP contribution in [0.1, 0.15) is 12.5 Å². The van der Waals surface area contributed by atoms with Crippen LogP contribution in [0.4, 0.5) is 0 Å². The van der Waals surface area contributed by atoms with Crippen LogP contribution < -0.4 is 5.32 Å². The zero-order chi connectivity index (χ0) is 13.0. The molecular weight excluding hydrogens is 222 g/mol. The topological polar surface area (TPSA) is 28.2 Å². The molecule has 0 aliphatic heterocycles. The van der Waals surface area contributed by atoms with Crippen molar-refractivity contribution in [2.45, 2.75) is 19.5 Å². The summed E-state index contributed by atoms with van der Waals surface area (Å²) < 4.78 is 0. The summed E-state index contributed by atoms with van der Waals surface area (Å²) in [5.41, 5.74) is 1.32. The largest absolute Gasteiger partial charge is 0.311 e. The van der Waals surface area contributed by atoms with Gasteiger partial charge in [0.25, 0.3) is 0 Å². The molecule has 1 aromatic heterocycles. The van der Waals surface area contributed by atoms with E-state index in [2.05, 4.69) is 60.5 Å². The molecule has 3 heteroatoms. The van der Waals surface area contributed by atoms with E-state index in [0.29, 0.717) is 6.04 Å². The molecule has 2 rings (SSSR count). The highest BCUT2D eigenvalue weighted by molar-refractivity contribution is 5.81. The number of rotatable bonds is 5. The number of benzene rings is 1. The van der Waals surface area contributed by atoms with Gasteiger partial charge in [0.05, 0.1) is 0 Å². The summed E-state index contributed by atoms with van der Waals surface area (Å²) >= 11 is 0. The van der Waals surface area contributed by atoms with Crippen LogP contribution in [0.2, 0.25) is 0 Å². The van der Waals surface area contributed by atoms with Crippen LogP contribution in [0, 0.1) is 0 Å². The van der Waals surface area contributed by atoms with Gasteiger partial charge in [0.15, 0.2) is 0 Å². The molecule has 1 heterocycles. The van der Waals surface area contributed by atoms with E-state index in [1.807, 2.05) is 12.4 Å². The van der Waals surface area contributed by atoms with Gasteiger partial charge in [-0.2, -0.15) is 0 Å². The van der Waals surface area contributed by atoms with Crippen molar-refractivity contribution in [2.24, 2.45) is 0 Å². The minimum absolute atomic E-state index is 0.551. The van der Waals surface area contributed by atoms with Crippen LogP contribution in [-0.2, 0) is 6.54 Å². The highest BCUT2D eigenvalue weighted by Crippen LogP contribution is 2.14. The lowest BCUT2D eigenvalue weighted by atomic mass is 10.1. The Morgan fingerprint density at radius 3 is 2.83 bits per heavy atom. The Kier molecular flexibility index (Phi) is 4.28. The second-order valence-corrected chi connectivity index (χ2v) is 5.00. The fourth-order valence-electron chi connectivity index (χ4n) is 1.85. The molecule has 2 aromatic rings. The van der Waals surface area contributed by atoms with Gasteiger partial charge in [0.2, 0.25) is 0 Å². The first kappa shape index (κ1) is 13.0. The minimum atomic E-state index is 0.551. The van der Waals surface area contributed by atoms with Gasteiger partial charge in [0, 0.05) is 36.9 Å². The van der Waals surface area contributed by atoms with Gasteiger partial charge in [0.1, 0.15) is 0 Å². The third kappa shape index (κ3) is 3.28. The fourth-order valence-corrected chi connectivity index (χ4v) is 1.85. The normalized spacial score (nSPS) is 13.1. The van der Waals surface area contributed by atoms with Crippen molar-refractivity contribution in [3.63, 3.8) is 0 Å². The van der Waals surface area contributed by atoms with Crippen molar-refractivity contribution in [1.29, 1.82) is 0 Å². The molecule has 0 saturated heterocycles. The van der Waals surface area contributed by atoms with Crippen LogP contribution in [0.15, 0.2) is 36.7 Å². The van der Waals surface area contributed by atoms with Crippen molar-refractivity contribution in [3.8, 4) is 0 Å². The van der Waals surface area contributed by atoms with E-state index in [1.54, 1.807) is 0 Å². The average molecular weight is 243 g/mol. The van der Waals surface area contributed by atoms with E-state index in [-0.39, 0.29) is 0 Å². The molecule has 0 amide bonds. The SMILES string of the molecule is CC(CNCc1ccc2cnccc2c1)N(C)C. The first-order chi connectivity index (χ1) is 8.66. The molecule has 1 atom stereocenters. The summed E-state index contributed by atoms with van der Waals surface area (Å²) in [5, 5.41) is 5.94. The van der Waals surface area contributed by atoms with Gasteiger partial charge in [-0.25, -0.2) is 0 Å². The second-order valence-electron chi connectivity index (χ2n) is 5.00. The van der Waals surface area contributed by atoms with Crippen LogP contribution >= 0.6 is 0 Å². The molecule has 0 bridgehead atoms. The van der Waals surface area contributed by atoms with Crippen LogP contribution in [0.25, 0.3) is 10.8 Å². The highest BCUT2D eigenvalue weighted by Gasteiger charge is 2.03. The van der Waals surface area contributed by atoms with E-state index in [1.165, 1.54) is 16.3 Å². The quantitative estimate of drug-likeness (QED) is 0.873. The lowest BCUT2D eigenvalue weighted by molar-refractivity contribution is 0.302. The summed E-state index contributed by atoms with van der Waals surface area (Å²) in [6.07, 6.45) is 3.74. The minimum Gasteiger partial charge on any atom is -0.311 e. The zero-order valence-corrected chi connectivity index (χ0v) is 11.4. The molecule has 0 aliphatic rings. The predicted molar refractivity (Wildman–Crippen MR) is 76.6 cm³/mol. The lowest BCUT2D eigenvalue weighted by Gasteiger charge is -2.20. The maximum Gasteiger partial charge on any atom is 0.0346 e. The number of hydrogen-bond donors (Lipinski definition) is 1. The Morgan fingerprint density at radius 2 is 2.06 bits per heavy atom. The third-order valence-electron chi connectivity index (χ3n) is 3.36. The standard InChI is InChI=1S/C15H21N3/c1-12(18(2)3)9-17-10-13-4-5-15-11-16-7-6-14(15)8-13/h4-8,11-12,17H,9-10H2,1-3H3. The van der Waals surface area contributed by atoms with E-state index < -0.39 is 0 Å². The molecule has 18 heavy (non-hydrogen) atoms. The second kappa shape index (κ2) is 5.94. The van der Waals surface area contributed by atoms with Gasteiger partial charge in [-0.1, -0.05) is 12.1 Å². The number of nitrogens with one attached hydrogen (secondary N) is 1. The van der Waals surface area contributed by atoms with Crippen molar-refractivity contribution in [3.05, 3.63) is 42.2 Å². The summed E-state index contributed by atoms with van der Waals surface area (Å²) in [6, 6.07) is 9.13. The molecule has 3 nitrogen and oxygen atoms in total. The smallest absolute Gasteiger partial charge is 0.0346 e. The van der Waals surface area contributed by atoms with E-state index in [0.717, 1.165) is 13.1 Å². The number of pyridine rings is 1. The molecule has 0 fully saturated rings. The average Bonchev–Trinajstić information content (AvgIpc) is 2.38. The third-order valence-corrected chi connectivity index (χ3v) is 3.36. The highest BCUT2D eigenvalue weighted by atomic mass is 15.1. The maximum atomic E-state index is 4.13. The van der Waals surface area contributed by atoms with Crippen molar-refractivity contribution < 1.29 is 0 Å². The first-order valence-electron chi connectivity index (χ1n) is 6.36. The Morgan fingerprint density at radius 1 is 1.22 bits per heavy atom. The van der Waals surface area contributed by atoms with Gasteiger partial charge < -0.3 is 10.2 Å². The fraction of sp³-hybridized carbons (Fsp3) is 0.400. The molecule has 1 N–H and O–H groups in total. The van der Waals surface area contributed by atoms with E-state index >= 15 is 0 Å². The number of nitrogens with zero attached hydrogens (tertiary/aromatic N) is 2. The monoisotopic (exact) mass is 243 g/mol. The van der Waals surface area contributed by atoms with Crippen LogP contribution in [-0.4, -0.2) is 36.6 Å². The number of hydrogen-bond acceptors (Lipinski definition) is 3. The molecule has 0 saturated carbocycles. The Hall–Kier alpha value is -1.45. The van der Waals surface area contributed by atoms with E-state index in [4.69, 9.17) is 0 Å². The van der Waals surface area contributed by atoms with Gasteiger partial charge in [-0.05, 0) is 44.1 Å². The van der Waals surface area contributed by atoms with E-state index in [9.17, 15) is 0 Å². The molecule has 0 radical (unpaired) electrons. The van der Waals surface area contributed by atoms with Crippen molar-refractivity contribution in [2.75, 3.05) is 20.6 Å². The number of aromatic nitrogens is 1. The van der Waals surface area contributed by atoms with Crippen LogP contribution in [0.3, 0.4) is 0 Å². The van der Waals surface area contributed by atoms with Crippen molar-refractivity contribution in [1.82, 2.24) is 15.2 Å². The number of likely N-dealkylation sites (N-methyl/N-ethyl adjacent to an activating group) is 1. The molecule has 0 aliphatic carbocycles. The van der Waals surface area contributed by atoms with Crippen molar-refractivity contribution >= 4 is 10.8 Å².